The van der Waals surface area contributed by atoms with Crippen LogP contribution in [0.25, 0.3) is 22.6 Å². The zero-order valence-corrected chi connectivity index (χ0v) is 10.2. The molecule has 0 spiro atoms. The summed E-state index contributed by atoms with van der Waals surface area (Å²) in [5, 5.41) is 0. The van der Waals surface area contributed by atoms with E-state index in [2.05, 4.69) is 4.98 Å². The van der Waals surface area contributed by atoms with E-state index >= 15 is 0 Å². The summed E-state index contributed by atoms with van der Waals surface area (Å²) in [4.78, 5) is 4.23. The molecule has 5 heteroatoms. The minimum absolute atomic E-state index is 0.202. The van der Waals surface area contributed by atoms with Crippen LogP contribution < -0.4 is 10.5 Å². The molecule has 3 aromatic rings. The molecule has 0 atom stereocenters. The smallest absolute Gasteiger partial charge is 0.230 e. The first-order valence-electron chi connectivity index (χ1n) is 5.68. The van der Waals surface area contributed by atoms with Gasteiger partial charge in [0, 0.05) is 6.07 Å². The first-order chi connectivity index (χ1) is 9.19. The second kappa shape index (κ2) is 4.28. The van der Waals surface area contributed by atoms with Crippen molar-refractivity contribution in [1.29, 1.82) is 0 Å². The number of hydrogen-bond acceptors (Lipinski definition) is 4. The molecule has 2 N–H and O–H groups in total. The van der Waals surface area contributed by atoms with Crippen molar-refractivity contribution < 1.29 is 13.5 Å². The molecule has 0 aliphatic heterocycles. The maximum atomic E-state index is 13.9. The van der Waals surface area contributed by atoms with Gasteiger partial charge in [-0.2, -0.15) is 0 Å². The van der Waals surface area contributed by atoms with Gasteiger partial charge in [-0.15, -0.1) is 0 Å². The number of nitrogen functional groups attached to an aromatic ring is 1. The average molecular weight is 258 g/mol. The molecule has 0 bridgehead atoms. The highest BCUT2D eigenvalue weighted by Crippen LogP contribution is 2.30. The van der Waals surface area contributed by atoms with Crippen LogP contribution in [0.3, 0.4) is 0 Å². The number of hydrogen-bond donors (Lipinski definition) is 1. The minimum atomic E-state index is -0.454. The molecule has 0 unspecified atom stereocenters. The molecule has 0 amide bonds. The van der Waals surface area contributed by atoms with Gasteiger partial charge in [0.2, 0.25) is 5.89 Å². The van der Waals surface area contributed by atoms with Gasteiger partial charge in [-0.1, -0.05) is 6.07 Å². The van der Waals surface area contributed by atoms with Gasteiger partial charge >= 0.3 is 0 Å². The van der Waals surface area contributed by atoms with Crippen molar-refractivity contribution in [2.45, 2.75) is 0 Å². The highest BCUT2D eigenvalue weighted by Gasteiger charge is 2.14. The average Bonchev–Trinajstić information content (AvgIpc) is 2.83. The van der Waals surface area contributed by atoms with Gasteiger partial charge in [-0.3, -0.25) is 0 Å². The second-order valence-electron chi connectivity index (χ2n) is 4.06. The largest absolute Gasteiger partial charge is 0.497 e. The number of anilines is 1. The summed E-state index contributed by atoms with van der Waals surface area (Å²) in [7, 11) is 1.48. The Morgan fingerprint density at radius 1 is 1.26 bits per heavy atom. The van der Waals surface area contributed by atoms with Gasteiger partial charge in [0.1, 0.15) is 17.1 Å². The minimum Gasteiger partial charge on any atom is -0.497 e. The summed E-state index contributed by atoms with van der Waals surface area (Å²) >= 11 is 0. The van der Waals surface area contributed by atoms with Gasteiger partial charge in [0.25, 0.3) is 0 Å². The Bertz CT molecular complexity index is 752. The van der Waals surface area contributed by atoms with Crippen LogP contribution in [0.4, 0.5) is 10.1 Å². The molecule has 0 saturated heterocycles. The van der Waals surface area contributed by atoms with Crippen molar-refractivity contribution in [2.75, 3.05) is 12.8 Å². The fourth-order valence-electron chi connectivity index (χ4n) is 1.88. The number of nitrogens with two attached hydrogens (primary N) is 1. The Morgan fingerprint density at radius 3 is 2.79 bits per heavy atom. The fourth-order valence-corrected chi connectivity index (χ4v) is 1.88. The van der Waals surface area contributed by atoms with Crippen LogP contribution >= 0.6 is 0 Å². The van der Waals surface area contributed by atoms with Crippen LogP contribution in [0.1, 0.15) is 0 Å². The molecule has 4 nitrogen and oxygen atoms in total. The second-order valence-corrected chi connectivity index (χ2v) is 4.06. The number of methoxy groups -OCH3 is 1. The lowest BCUT2D eigenvalue weighted by Crippen LogP contribution is -1.88. The van der Waals surface area contributed by atoms with E-state index in [4.69, 9.17) is 14.9 Å². The van der Waals surface area contributed by atoms with Crippen molar-refractivity contribution >= 4 is 16.8 Å². The number of ether oxygens (including phenoxy) is 1. The number of rotatable bonds is 2. The summed E-state index contributed by atoms with van der Waals surface area (Å²) < 4.78 is 24.4. The number of fused-ring (bicyclic) bond motifs is 1. The first kappa shape index (κ1) is 11.5. The normalized spacial score (nSPS) is 10.8. The predicted molar refractivity (Wildman–Crippen MR) is 70.4 cm³/mol. The Morgan fingerprint density at radius 2 is 2.11 bits per heavy atom. The number of para-hydroxylation sites is 1. The summed E-state index contributed by atoms with van der Waals surface area (Å²) in [6.45, 7) is 0. The molecular formula is C14H11FN2O2. The quantitative estimate of drug-likeness (QED) is 0.717. The van der Waals surface area contributed by atoms with Gasteiger partial charge in [-0.05, 0) is 24.3 Å². The van der Waals surface area contributed by atoms with Crippen LogP contribution in [0, 0.1) is 5.82 Å². The van der Waals surface area contributed by atoms with Crippen molar-refractivity contribution in [3.8, 4) is 17.2 Å². The van der Waals surface area contributed by atoms with E-state index in [1.54, 1.807) is 30.3 Å². The third-order valence-electron chi connectivity index (χ3n) is 2.86. The highest BCUT2D eigenvalue weighted by atomic mass is 19.1. The summed E-state index contributed by atoms with van der Waals surface area (Å²) in [6, 6.07) is 9.72. The summed E-state index contributed by atoms with van der Waals surface area (Å²) in [5.41, 5.74) is 7.64. The van der Waals surface area contributed by atoms with Crippen LogP contribution in [-0.4, -0.2) is 12.1 Å². The zero-order chi connectivity index (χ0) is 13.4. The van der Waals surface area contributed by atoms with E-state index in [9.17, 15) is 4.39 Å². The molecule has 0 aliphatic rings. The Balaban J connectivity index is 2.16. The van der Waals surface area contributed by atoms with Crippen LogP contribution in [0.5, 0.6) is 5.75 Å². The number of aromatic nitrogens is 1. The monoisotopic (exact) mass is 258 g/mol. The van der Waals surface area contributed by atoms with Gasteiger partial charge in [-0.25, -0.2) is 9.37 Å². The van der Waals surface area contributed by atoms with E-state index in [0.717, 1.165) is 0 Å². The maximum absolute atomic E-state index is 13.9. The van der Waals surface area contributed by atoms with Gasteiger partial charge in [0.05, 0.1) is 18.4 Å². The molecule has 0 saturated carbocycles. The lowest BCUT2D eigenvalue weighted by atomic mass is 10.2. The third-order valence-corrected chi connectivity index (χ3v) is 2.86. The SMILES string of the molecule is COc1ccc(-c2nc3c(N)cccc3o2)c(F)c1. The molecule has 1 heterocycles. The third kappa shape index (κ3) is 1.89. The molecule has 3 rings (SSSR count). The number of nitrogens with zero attached hydrogens (tertiary/aromatic N) is 1. The van der Waals surface area contributed by atoms with Crippen LogP contribution in [0.15, 0.2) is 40.8 Å². The number of halogens is 1. The molecule has 1 aromatic heterocycles. The lowest BCUT2D eigenvalue weighted by Gasteiger charge is -2.01. The van der Waals surface area contributed by atoms with Crippen molar-refractivity contribution in [3.63, 3.8) is 0 Å². The Labute approximate surface area is 108 Å². The van der Waals surface area contributed by atoms with Crippen molar-refractivity contribution in [2.24, 2.45) is 0 Å². The van der Waals surface area contributed by atoms with E-state index in [1.165, 1.54) is 13.2 Å². The standard InChI is InChI=1S/C14H11FN2O2/c1-18-8-5-6-9(10(15)7-8)14-17-13-11(16)3-2-4-12(13)19-14/h2-7H,16H2,1H3. The molecule has 0 fully saturated rings. The Hall–Kier alpha value is -2.56. The number of oxazole rings is 1. The molecule has 96 valence electrons. The Kier molecular flexibility index (Phi) is 2.59. The van der Waals surface area contributed by atoms with E-state index < -0.39 is 5.82 Å². The zero-order valence-electron chi connectivity index (χ0n) is 10.2. The highest BCUT2D eigenvalue weighted by molar-refractivity contribution is 5.87. The summed E-state index contributed by atoms with van der Waals surface area (Å²) in [5.74, 6) is 0.189. The first-order valence-corrected chi connectivity index (χ1v) is 5.68. The van der Waals surface area contributed by atoms with E-state index in [-0.39, 0.29) is 11.5 Å². The lowest BCUT2D eigenvalue weighted by molar-refractivity contribution is 0.411. The molecule has 0 radical (unpaired) electrons. The summed E-state index contributed by atoms with van der Waals surface area (Å²) in [6.07, 6.45) is 0. The van der Waals surface area contributed by atoms with Crippen LogP contribution in [-0.2, 0) is 0 Å². The maximum Gasteiger partial charge on any atom is 0.230 e. The molecular weight excluding hydrogens is 247 g/mol. The molecule has 2 aromatic carbocycles. The van der Waals surface area contributed by atoms with Crippen molar-refractivity contribution in [1.82, 2.24) is 4.98 Å². The van der Waals surface area contributed by atoms with Gasteiger partial charge < -0.3 is 14.9 Å². The molecule has 19 heavy (non-hydrogen) atoms. The van der Waals surface area contributed by atoms with E-state index in [1.807, 2.05) is 0 Å². The van der Waals surface area contributed by atoms with Crippen LogP contribution in [0.2, 0.25) is 0 Å². The van der Waals surface area contributed by atoms with Gasteiger partial charge in [0.15, 0.2) is 5.58 Å². The van der Waals surface area contributed by atoms with E-state index in [0.29, 0.717) is 22.5 Å². The predicted octanol–water partition coefficient (Wildman–Crippen LogP) is 3.22. The topological polar surface area (TPSA) is 61.3 Å². The van der Waals surface area contributed by atoms with Crippen molar-refractivity contribution in [3.05, 3.63) is 42.2 Å². The molecule has 0 aliphatic carbocycles. The number of benzene rings is 2. The fraction of sp³-hybridized carbons (Fsp3) is 0.0714.